The number of benzene rings is 2. The molecule has 33 heavy (non-hydrogen) atoms. The molecule has 0 aliphatic heterocycles. The number of amides is 2. The van der Waals surface area contributed by atoms with E-state index in [1.807, 2.05) is 38.1 Å². The predicted molar refractivity (Wildman–Crippen MR) is 136 cm³/mol. The molecule has 1 N–H and O–H groups in total. The summed E-state index contributed by atoms with van der Waals surface area (Å²) in [5.41, 5.74) is 2.67. The molecule has 0 saturated heterocycles. The van der Waals surface area contributed by atoms with Crippen molar-refractivity contribution >= 4 is 17.5 Å². The van der Waals surface area contributed by atoms with Gasteiger partial charge in [0.2, 0.25) is 5.91 Å². The van der Waals surface area contributed by atoms with E-state index in [0.29, 0.717) is 17.9 Å². The van der Waals surface area contributed by atoms with Crippen LogP contribution in [0.25, 0.3) is 0 Å². The minimum absolute atomic E-state index is 0.0353. The van der Waals surface area contributed by atoms with Crippen LogP contribution < -0.4 is 10.1 Å². The minimum Gasteiger partial charge on any atom is -0.497 e. The lowest BCUT2D eigenvalue weighted by molar-refractivity contribution is -0.116. The number of ether oxygens (including phenoxy) is 1. The third-order valence-electron chi connectivity index (χ3n) is 6.09. The highest BCUT2D eigenvalue weighted by Gasteiger charge is 2.21. The molecule has 0 saturated carbocycles. The highest BCUT2D eigenvalue weighted by Crippen LogP contribution is 2.18. The van der Waals surface area contributed by atoms with Gasteiger partial charge in [-0.05, 0) is 62.1 Å². The lowest BCUT2D eigenvalue weighted by Crippen LogP contribution is -2.40. The standard InChI is InChI=1S/C28H40N2O3/c1-5-7-8-9-10-12-23-15-17-25(18-16-23)29-27(31)19-20-30(22(3)6-2)28(32)24-13-11-14-26(21-24)33-4/h11,13-18,21-22H,5-10,12,19-20H2,1-4H3,(H,29,31). The van der Waals surface area contributed by atoms with E-state index in [0.717, 1.165) is 18.5 Å². The molecule has 1 atom stereocenters. The van der Waals surface area contributed by atoms with Crippen LogP contribution in [0.3, 0.4) is 0 Å². The number of methoxy groups -OCH3 is 1. The fraction of sp³-hybridized carbons (Fsp3) is 0.500. The summed E-state index contributed by atoms with van der Waals surface area (Å²) < 4.78 is 5.25. The number of carbonyl (C=O) groups excluding carboxylic acids is 2. The number of carbonyl (C=O) groups is 2. The van der Waals surface area contributed by atoms with Crippen molar-refractivity contribution in [2.24, 2.45) is 0 Å². The molecule has 1 unspecified atom stereocenters. The maximum Gasteiger partial charge on any atom is 0.254 e. The molecule has 2 aromatic rings. The average Bonchev–Trinajstić information content (AvgIpc) is 2.84. The molecule has 180 valence electrons. The van der Waals surface area contributed by atoms with Gasteiger partial charge < -0.3 is 15.0 Å². The summed E-state index contributed by atoms with van der Waals surface area (Å²) >= 11 is 0. The molecular formula is C28H40N2O3. The van der Waals surface area contributed by atoms with E-state index in [4.69, 9.17) is 4.74 Å². The van der Waals surface area contributed by atoms with Crippen LogP contribution >= 0.6 is 0 Å². The monoisotopic (exact) mass is 452 g/mol. The Morgan fingerprint density at radius 1 is 1.00 bits per heavy atom. The quantitative estimate of drug-likeness (QED) is 0.334. The molecule has 0 fully saturated rings. The van der Waals surface area contributed by atoms with Gasteiger partial charge in [-0.25, -0.2) is 0 Å². The molecule has 0 aliphatic carbocycles. The first kappa shape index (κ1) is 26.4. The summed E-state index contributed by atoms with van der Waals surface area (Å²) in [7, 11) is 1.58. The maximum absolute atomic E-state index is 13.1. The molecule has 2 rings (SSSR count). The van der Waals surface area contributed by atoms with E-state index in [-0.39, 0.29) is 24.3 Å². The molecule has 2 amide bonds. The first-order valence-corrected chi connectivity index (χ1v) is 12.3. The van der Waals surface area contributed by atoms with Crippen LogP contribution in [0.4, 0.5) is 5.69 Å². The Hall–Kier alpha value is -2.82. The molecular weight excluding hydrogens is 412 g/mol. The Balaban J connectivity index is 1.88. The summed E-state index contributed by atoms with van der Waals surface area (Å²) in [6, 6.07) is 15.3. The maximum atomic E-state index is 13.1. The Morgan fingerprint density at radius 3 is 2.39 bits per heavy atom. The fourth-order valence-electron chi connectivity index (χ4n) is 3.80. The number of hydrogen-bond acceptors (Lipinski definition) is 3. The summed E-state index contributed by atoms with van der Waals surface area (Å²) in [6.45, 7) is 6.65. The Labute approximate surface area is 199 Å². The molecule has 2 aromatic carbocycles. The summed E-state index contributed by atoms with van der Waals surface area (Å²) in [5, 5.41) is 2.97. The number of anilines is 1. The van der Waals surface area contributed by atoms with Crippen LogP contribution in [0.1, 0.15) is 81.6 Å². The smallest absolute Gasteiger partial charge is 0.254 e. The van der Waals surface area contributed by atoms with Gasteiger partial charge in [0, 0.05) is 30.3 Å². The van der Waals surface area contributed by atoms with Gasteiger partial charge in [0.15, 0.2) is 0 Å². The van der Waals surface area contributed by atoms with Crippen molar-refractivity contribution in [3.8, 4) is 5.75 Å². The highest BCUT2D eigenvalue weighted by molar-refractivity contribution is 5.95. The van der Waals surface area contributed by atoms with Gasteiger partial charge in [-0.1, -0.05) is 57.7 Å². The van der Waals surface area contributed by atoms with Crippen LogP contribution in [0, 0.1) is 0 Å². The number of unbranched alkanes of at least 4 members (excludes halogenated alkanes) is 4. The predicted octanol–water partition coefficient (Wildman–Crippen LogP) is 6.48. The van der Waals surface area contributed by atoms with E-state index in [1.54, 1.807) is 24.1 Å². The van der Waals surface area contributed by atoms with Crippen molar-refractivity contribution in [2.45, 2.75) is 78.2 Å². The Kier molecular flexibility index (Phi) is 11.5. The van der Waals surface area contributed by atoms with Crippen LogP contribution in [0.5, 0.6) is 5.75 Å². The lowest BCUT2D eigenvalue weighted by Gasteiger charge is -2.28. The molecule has 0 heterocycles. The van der Waals surface area contributed by atoms with Gasteiger partial charge in [-0.2, -0.15) is 0 Å². The van der Waals surface area contributed by atoms with Crippen LogP contribution in [-0.4, -0.2) is 36.4 Å². The first-order chi connectivity index (χ1) is 16.0. The summed E-state index contributed by atoms with van der Waals surface area (Å²) in [4.78, 5) is 27.5. The first-order valence-electron chi connectivity index (χ1n) is 12.3. The fourth-order valence-corrected chi connectivity index (χ4v) is 3.80. The average molecular weight is 453 g/mol. The third kappa shape index (κ3) is 8.91. The van der Waals surface area contributed by atoms with Gasteiger partial charge in [0.1, 0.15) is 5.75 Å². The van der Waals surface area contributed by atoms with Crippen LogP contribution in [0.15, 0.2) is 48.5 Å². The lowest BCUT2D eigenvalue weighted by atomic mass is 10.1. The van der Waals surface area contributed by atoms with Crippen molar-refractivity contribution in [3.63, 3.8) is 0 Å². The number of rotatable bonds is 14. The second-order valence-electron chi connectivity index (χ2n) is 8.65. The highest BCUT2D eigenvalue weighted by atomic mass is 16.5. The van der Waals surface area contributed by atoms with Crippen molar-refractivity contribution in [3.05, 3.63) is 59.7 Å². The van der Waals surface area contributed by atoms with Gasteiger partial charge >= 0.3 is 0 Å². The van der Waals surface area contributed by atoms with Crippen LogP contribution in [-0.2, 0) is 11.2 Å². The van der Waals surface area contributed by atoms with E-state index in [1.165, 1.54) is 37.7 Å². The molecule has 0 bridgehead atoms. The number of aryl methyl sites for hydroxylation is 1. The van der Waals surface area contributed by atoms with Crippen LogP contribution in [0.2, 0.25) is 0 Å². The van der Waals surface area contributed by atoms with Crippen molar-refractivity contribution in [1.29, 1.82) is 0 Å². The molecule has 5 nitrogen and oxygen atoms in total. The number of nitrogens with zero attached hydrogens (tertiary/aromatic N) is 1. The van der Waals surface area contributed by atoms with Gasteiger partial charge in [-0.15, -0.1) is 0 Å². The summed E-state index contributed by atoms with van der Waals surface area (Å²) in [5.74, 6) is 0.473. The molecule has 0 radical (unpaired) electrons. The van der Waals surface area contributed by atoms with Gasteiger partial charge in [-0.3, -0.25) is 9.59 Å². The molecule has 5 heteroatoms. The van der Waals surface area contributed by atoms with Crippen molar-refractivity contribution in [2.75, 3.05) is 19.0 Å². The van der Waals surface area contributed by atoms with Crippen molar-refractivity contribution in [1.82, 2.24) is 4.90 Å². The topological polar surface area (TPSA) is 58.6 Å². The minimum atomic E-state index is -0.0888. The normalized spacial score (nSPS) is 11.6. The molecule has 0 aromatic heterocycles. The molecule has 0 aliphatic rings. The second-order valence-corrected chi connectivity index (χ2v) is 8.65. The molecule has 0 spiro atoms. The number of hydrogen-bond donors (Lipinski definition) is 1. The SMILES string of the molecule is CCCCCCCc1ccc(NC(=O)CCN(C(=O)c2cccc(OC)c2)C(C)CC)cc1. The summed E-state index contributed by atoms with van der Waals surface area (Å²) in [6.07, 6.45) is 8.50. The zero-order valence-corrected chi connectivity index (χ0v) is 20.7. The zero-order valence-electron chi connectivity index (χ0n) is 20.7. The van der Waals surface area contributed by atoms with E-state index in [9.17, 15) is 9.59 Å². The third-order valence-corrected chi connectivity index (χ3v) is 6.09. The zero-order chi connectivity index (χ0) is 24.1. The Bertz CT molecular complexity index is 864. The largest absolute Gasteiger partial charge is 0.497 e. The second kappa shape index (κ2) is 14.4. The number of nitrogens with one attached hydrogen (secondary N) is 1. The van der Waals surface area contributed by atoms with E-state index < -0.39 is 0 Å². The van der Waals surface area contributed by atoms with Gasteiger partial charge in [0.05, 0.1) is 7.11 Å². The van der Waals surface area contributed by atoms with Crippen molar-refractivity contribution < 1.29 is 14.3 Å². The van der Waals surface area contributed by atoms with E-state index >= 15 is 0 Å². The van der Waals surface area contributed by atoms with Gasteiger partial charge in [0.25, 0.3) is 5.91 Å². The van der Waals surface area contributed by atoms with E-state index in [2.05, 4.69) is 24.4 Å². The Morgan fingerprint density at radius 2 is 1.73 bits per heavy atom.